The van der Waals surface area contributed by atoms with E-state index in [0.29, 0.717) is 10.0 Å². The molecule has 5 heteroatoms. The summed E-state index contributed by atoms with van der Waals surface area (Å²) in [5, 5.41) is -0.172. The third-order valence-corrected chi connectivity index (χ3v) is 4.90. The van der Waals surface area contributed by atoms with Crippen molar-refractivity contribution in [3.05, 3.63) is 69.7 Å². The third kappa shape index (κ3) is 3.41. The van der Waals surface area contributed by atoms with Gasteiger partial charge in [0.1, 0.15) is 0 Å². The summed E-state index contributed by atoms with van der Waals surface area (Å²) < 4.78 is 11.6. The minimum atomic E-state index is -0.777. The molecule has 0 aliphatic heterocycles. The monoisotopic (exact) mass is 352 g/mol. The van der Waals surface area contributed by atoms with Gasteiger partial charge >= 0.3 is 0 Å². The van der Waals surface area contributed by atoms with Crippen molar-refractivity contribution in [2.45, 2.75) is 24.9 Å². The molecule has 0 spiro atoms. The number of carbonyl (C=O) groups is 1. The van der Waals surface area contributed by atoms with Crippen molar-refractivity contribution in [3.63, 3.8) is 0 Å². The Labute approximate surface area is 141 Å². The van der Waals surface area contributed by atoms with Gasteiger partial charge in [0.15, 0.2) is 14.2 Å². The number of hydrogen-bond donors (Lipinski definition) is 0. The van der Waals surface area contributed by atoms with Gasteiger partial charge in [0.25, 0.3) is 0 Å². The van der Waals surface area contributed by atoms with Crippen LogP contribution in [0.15, 0.2) is 48.5 Å². The molecule has 0 amide bonds. The molecule has 1 atom stereocenters. The zero-order valence-electron chi connectivity index (χ0n) is 12.2. The molecular weight excluding hydrogens is 338 g/mol. The fourth-order valence-corrected chi connectivity index (χ4v) is 3.41. The Morgan fingerprint density at radius 1 is 1.00 bits per heavy atom. The summed E-state index contributed by atoms with van der Waals surface area (Å²) >= 11 is 12.3. The lowest BCUT2D eigenvalue weighted by Gasteiger charge is -2.28. The van der Waals surface area contributed by atoms with Gasteiger partial charge in [-0.15, -0.1) is 0 Å². The first-order chi connectivity index (χ1) is 10.4. The molecule has 0 fully saturated rings. The van der Waals surface area contributed by atoms with Crippen LogP contribution in [-0.4, -0.2) is 10.9 Å². The molecule has 0 heterocycles. The van der Waals surface area contributed by atoms with Crippen LogP contribution in [0.25, 0.3) is 0 Å². The van der Waals surface area contributed by atoms with E-state index in [0.717, 1.165) is 5.56 Å². The highest BCUT2D eigenvalue weighted by atomic mass is 35.5. The first-order valence-corrected chi connectivity index (χ1v) is 8.33. The van der Waals surface area contributed by atoms with E-state index in [1.807, 2.05) is 30.3 Å². The van der Waals surface area contributed by atoms with Gasteiger partial charge in [-0.05, 0) is 31.5 Å². The van der Waals surface area contributed by atoms with Crippen LogP contribution < -0.4 is 0 Å². The number of ketones is 1. The Bertz CT molecular complexity index is 679. The van der Waals surface area contributed by atoms with E-state index in [2.05, 4.69) is 0 Å². The zero-order valence-corrected chi connectivity index (χ0v) is 14.6. The van der Waals surface area contributed by atoms with E-state index in [-0.39, 0.29) is 19.8 Å². The van der Waals surface area contributed by atoms with E-state index < -0.39 is 11.1 Å². The lowest BCUT2D eigenvalue weighted by atomic mass is 9.81. The minimum Gasteiger partial charge on any atom is -0.293 e. The molecule has 0 radical (unpaired) electrons. The average molecular weight is 353 g/mol. The van der Waals surface area contributed by atoms with Crippen LogP contribution in [-0.2, 0) is 4.57 Å². The molecule has 0 aromatic heterocycles. The van der Waals surface area contributed by atoms with Gasteiger partial charge in [-0.25, -0.2) is 0 Å². The van der Waals surface area contributed by atoms with E-state index in [1.54, 1.807) is 32.0 Å². The summed E-state index contributed by atoms with van der Waals surface area (Å²) in [6.45, 7) is 3.56. The fourth-order valence-electron chi connectivity index (χ4n) is 2.46. The zero-order chi connectivity index (χ0) is 16.3. The normalized spacial score (nSPS) is 13.1. The van der Waals surface area contributed by atoms with Gasteiger partial charge in [-0.1, -0.05) is 59.6 Å². The molecule has 0 saturated heterocycles. The molecule has 0 saturated carbocycles. The average Bonchev–Trinajstić information content (AvgIpc) is 2.48. The minimum absolute atomic E-state index is 0.114. The summed E-state index contributed by atoms with van der Waals surface area (Å²) in [7, 11) is -0.114. The van der Waals surface area contributed by atoms with E-state index in [9.17, 15) is 9.36 Å². The summed E-state index contributed by atoms with van der Waals surface area (Å²) in [4.78, 5) is 13.1. The standard InChI is InChI=1S/C17H15Cl2O2P/c1-17(2,22-21)15(11-7-4-3-5-8-11)16(20)14-12(18)9-6-10-13(14)19/h3-10,15H,1-2H3. The molecule has 114 valence electrons. The highest BCUT2D eigenvalue weighted by Crippen LogP contribution is 2.42. The molecular formula is C17H15Cl2O2P. The van der Waals surface area contributed by atoms with Crippen LogP contribution in [0.1, 0.15) is 35.7 Å². The second-order valence-corrected chi connectivity index (χ2v) is 7.70. The molecule has 1 unspecified atom stereocenters. The Kier molecular flexibility index (Phi) is 5.39. The molecule has 22 heavy (non-hydrogen) atoms. The quantitative estimate of drug-likeness (QED) is 0.486. The van der Waals surface area contributed by atoms with Crippen molar-refractivity contribution in [1.82, 2.24) is 0 Å². The Morgan fingerprint density at radius 2 is 1.55 bits per heavy atom. The third-order valence-electron chi connectivity index (χ3n) is 3.55. The molecule has 2 aromatic carbocycles. The van der Waals surface area contributed by atoms with E-state index in [1.165, 1.54) is 0 Å². The van der Waals surface area contributed by atoms with Crippen molar-refractivity contribution < 1.29 is 9.36 Å². The van der Waals surface area contributed by atoms with Crippen LogP contribution in [0.2, 0.25) is 10.0 Å². The predicted octanol–water partition coefficient (Wildman–Crippen LogP) is 6.03. The first kappa shape index (κ1) is 17.1. The van der Waals surface area contributed by atoms with Gasteiger partial charge in [0, 0.05) is 0 Å². The fraction of sp³-hybridized carbons (Fsp3) is 0.235. The maximum absolute atomic E-state index is 13.1. The van der Waals surface area contributed by atoms with Crippen molar-refractivity contribution in [2.75, 3.05) is 0 Å². The Morgan fingerprint density at radius 3 is 2.05 bits per heavy atom. The Balaban J connectivity index is 2.60. The summed E-state index contributed by atoms with van der Waals surface area (Å²) in [6.07, 6.45) is 0. The van der Waals surface area contributed by atoms with Crippen molar-refractivity contribution in [1.29, 1.82) is 0 Å². The smallest absolute Gasteiger partial charge is 0.174 e. The van der Waals surface area contributed by atoms with Crippen LogP contribution >= 0.6 is 31.7 Å². The second kappa shape index (κ2) is 6.91. The SMILES string of the molecule is CC(C)(P=O)C(C(=O)c1c(Cl)cccc1Cl)c1ccccc1. The molecule has 2 rings (SSSR count). The topological polar surface area (TPSA) is 34.1 Å². The van der Waals surface area contributed by atoms with Crippen molar-refractivity contribution in [3.8, 4) is 0 Å². The molecule has 2 aromatic rings. The number of halogens is 2. The van der Waals surface area contributed by atoms with E-state index in [4.69, 9.17) is 23.2 Å². The number of carbonyl (C=O) groups excluding carboxylic acids is 1. The summed E-state index contributed by atoms with van der Waals surface area (Å²) in [5.41, 5.74) is 1.06. The highest BCUT2D eigenvalue weighted by Gasteiger charge is 2.39. The molecule has 0 aliphatic carbocycles. The lowest BCUT2D eigenvalue weighted by molar-refractivity contribution is 0.0945. The lowest BCUT2D eigenvalue weighted by Crippen LogP contribution is -2.30. The van der Waals surface area contributed by atoms with Gasteiger partial charge < -0.3 is 0 Å². The van der Waals surface area contributed by atoms with Gasteiger partial charge in [-0.2, -0.15) is 0 Å². The summed E-state index contributed by atoms with van der Waals surface area (Å²) in [6, 6.07) is 14.2. The highest BCUT2D eigenvalue weighted by molar-refractivity contribution is 7.26. The van der Waals surface area contributed by atoms with Gasteiger partial charge in [-0.3, -0.25) is 9.36 Å². The molecule has 2 nitrogen and oxygen atoms in total. The molecule has 0 aliphatic rings. The number of Topliss-reactive ketones (excluding diaryl/α,β-unsaturated/α-hetero) is 1. The van der Waals surface area contributed by atoms with Crippen LogP contribution in [0.5, 0.6) is 0 Å². The largest absolute Gasteiger partial charge is 0.293 e. The van der Waals surface area contributed by atoms with Gasteiger partial charge in [0.2, 0.25) is 0 Å². The van der Waals surface area contributed by atoms with Crippen LogP contribution in [0.4, 0.5) is 0 Å². The maximum atomic E-state index is 13.1. The molecule has 0 bridgehead atoms. The first-order valence-electron chi connectivity index (χ1n) is 6.76. The number of rotatable bonds is 5. The van der Waals surface area contributed by atoms with Gasteiger partial charge in [0.05, 0.1) is 26.7 Å². The van der Waals surface area contributed by atoms with Crippen molar-refractivity contribution >= 4 is 37.4 Å². The molecule has 0 N–H and O–H groups in total. The maximum Gasteiger partial charge on any atom is 0.174 e. The predicted molar refractivity (Wildman–Crippen MR) is 91.7 cm³/mol. The Hall–Kier alpha value is -1.21. The second-order valence-electron chi connectivity index (χ2n) is 5.55. The van der Waals surface area contributed by atoms with Crippen LogP contribution in [0, 0.1) is 0 Å². The van der Waals surface area contributed by atoms with Crippen LogP contribution in [0.3, 0.4) is 0 Å². The summed E-state index contributed by atoms with van der Waals surface area (Å²) in [5.74, 6) is -0.833. The number of benzene rings is 2. The van der Waals surface area contributed by atoms with Crippen molar-refractivity contribution in [2.24, 2.45) is 0 Å². The van der Waals surface area contributed by atoms with E-state index >= 15 is 0 Å². The number of hydrogen-bond acceptors (Lipinski definition) is 2.